The maximum absolute atomic E-state index is 13.7. The predicted octanol–water partition coefficient (Wildman–Crippen LogP) is 4.12. The van der Waals surface area contributed by atoms with Gasteiger partial charge in [0, 0.05) is 11.7 Å². The molecule has 0 aliphatic heterocycles. The van der Waals surface area contributed by atoms with Crippen LogP contribution in [0.25, 0.3) is 0 Å². The number of anilines is 1. The van der Waals surface area contributed by atoms with Crippen LogP contribution in [0.3, 0.4) is 0 Å². The molecule has 1 heterocycles. The van der Waals surface area contributed by atoms with Gasteiger partial charge in [0.2, 0.25) is 11.8 Å². The number of hydrogen-bond acceptors (Lipinski definition) is 4. The standard InChI is InChI=1S/C26H25F2N3O4/c27-18-9-7-17(8-10-18)24(26(34)30-20-4-1-2-5-20)31(21-13-11-19(28)12-14-21)23(32)16-29-25(33)22-6-3-15-35-22/h3,6-15,20,24H,1-2,4-5,16H2,(H,29,33)(H,30,34)/t24-/m1/s1. The second-order valence-electron chi connectivity index (χ2n) is 8.34. The fourth-order valence-corrected chi connectivity index (χ4v) is 4.19. The molecule has 9 heteroatoms. The van der Waals surface area contributed by atoms with Crippen LogP contribution in [0, 0.1) is 11.6 Å². The van der Waals surface area contributed by atoms with Gasteiger partial charge in [-0.2, -0.15) is 0 Å². The van der Waals surface area contributed by atoms with Gasteiger partial charge in [-0.05, 0) is 66.9 Å². The number of nitrogens with zero attached hydrogens (tertiary/aromatic N) is 1. The van der Waals surface area contributed by atoms with Crippen molar-refractivity contribution in [3.63, 3.8) is 0 Å². The zero-order valence-corrected chi connectivity index (χ0v) is 18.9. The van der Waals surface area contributed by atoms with Gasteiger partial charge in [-0.1, -0.05) is 25.0 Å². The summed E-state index contributed by atoms with van der Waals surface area (Å²) in [7, 11) is 0. The molecule has 0 spiro atoms. The zero-order chi connectivity index (χ0) is 24.8. The third kappa shape index (κ3) is 5.92. The molecule has 0 unspecified atom stereocenters. The van der Waals surface area contributed by atoms with E-state index >= 15 is 0 Å². The Labute approximate surface area is 201 Å². The quantitative estimate of drug-likeness (QED) is 0.506. The van der Waals surface area contributed by atoms with E-state index in [4.69, 9.17) is 4.42 Å². The van der Waals surface area contributed by atoms with Gasteiger partial charge in [0.15, 0.2) is 5.76 Å². The van der Waals surface area contributed by atoms with E-state index in [1.165, 1.54) is 65.8 Å². The van der Waals surface area contributed by atoms with E-state index in [2.05, 4.69) is 10.6 Å². The summed E-state index contributed by atoms with van der Waals surface area (Å²) in [5.41, 5.74) is 0.622. The van der Waals surface area contributed by atoms with Gasteiger partial charge in [0.1, 0.15) is 17.7 Å². The van der Waals surface area contributed by atoms with Crippen LogP contribution >= 0.6 is 0 Å². The minimum atomic E-state index is -1.17. The Balaban J connectivity index is 1.67. The molecule has 2 N–H and O–H groups in total. The molecule has 0 saturated heterocycles. The second kappa shape index (κ2) is 10.9. The van der Waals surface area contributed by atoms with Gasteiger partial charge >= 0.3 is 0 Å². The van der Waals surface area contributed by atoms with Gasteiger partial charge in [-0.3, -0.25) is 19.3 Å². The lowest BCUT2D eigenvalue weighted by atomic mass is 10.0. The molecule has 0 bridgehead atoms. The summed E-state index contributed by atoms with van der Waals surface area (Å²) in [5.74, 6) is -2.64. The molecule has 1 aromatic heterocycles. The van der Waals surface area contributed by atoms with Crippen molar-refractivity contribution in [3.8, 4) is 0 Å². The normalized spacial score (nSPS) is 14.3. The van der Waals surface area contributed by atoms with Gasteiger partial charge in [0.05, 0.1) is 12.8 Å². The summed E-state index contributed by atoms with van der Waals surface area (Å²) < 4.78 is 32.4. The number of benzene rings is 2. The molecule has 2 aromatic carbocycles. The van der Waals surface area contributed by atoms with E-state index in [0.29, 0.717) is 5.56 Å². The number of amides is 3. The molecule has 35 heavy (non-hydrogen) atoms. The molecule has 7 nitrogen and oxygen atoms in total. The smallest absolute Gasteiger partial charge is 0.287 e. The first-order valence-corrected chi connectivity index (χ1v) is 11.4. The lowest BCUT2D eigenvalue weighted by Gasteiger charge is -2.32. The molecule has 182 valence electrons. The predicted molar refractivity (Wildman–Crippen MR) is 124 cm³/mol. The molecule has 3 aromatic rings. The lowest BCUT2D eigenvalue weighted by Crippen LogP contribution is -2.49. The molecule has 1 saturated carbocycles. The highest BCUT2D eigenvalue weighted by Gasteiger charge is 2.34. The summed E-state index contributed by atoms with van der Waals surface area (Å²) in [4.78, 5) is 40.5. The molecular formula is C26H25F2N3O4. The number of rotatable bonds is 8. The summed E-state index contributed by atoms with van der Waals surface area (Å²) >= 11 is 0. The average Bonchev–Trinajstić information content (AvgIpc) is 3.57. The molecular weight excluding hydrogens is 456 g/mol. The van der Waals surface area contributed by atoms with Crippen LogP contribution in [0.15, 0.2) is 71.3 Å². The first kappa shape index (κ1) is 24.1. The van der Waals surface area contributed by atoms with Crippen LogP contribution in [0.2, 0.25) is 0 Å². The highest BCUT2D eigenvalue weighted by Crippen LogP contribution is 2.29. The van der Waals surface area contributed by atoms with Crippen molar-refractivity contribution in [1.29, 1.82) is 0 Å². The molecule has 0 radical (unpaired) electrons. The Kier molecular flexibility index (Phi) is 7.54. The van der Waals surface area contributed by atoms with Crippen molar-refractivity contribution in [3.05, 3.63) is 89.9 Å². The van der Waals surface area contributed by atoms with Crippen molar-refractivity contribution >= 4 is 23.4 Å². The number of carbonyl (C=O) groups is 3. The molecule has 1 fully saturated rings. The fourth-order valence-electron chi connectivity index (χ4n) is 4.19. The topological polar surface area (TPSA) is 91.7 Å². The average molecular weight is 481 g/mol. The van der Waals surface area contributed by atoms with Gasteiger partial charge in [-0.25, -0.2) is 8.78 Å². The van der Waals surface area contributed by atoms with Crippen LogP contribution in [0.4, 0.5) is 14.5 Å². The minimum absolute atomic E-state index is 0.0280. The highest BCUT2D eigenvalue weighted by atomic mass is 19.1. The molecule has 1 aliphatic rings. The van der Waals surface area contributed by atoms with Crippen molar-refractivity contribution in [2.45, 2.75) is 37.8 Å². The van der Waals surface area contributed by atoms with Gasteiger partial charge in [0.25, 0.3) is 5.91 Å². The van der Waals surface area contributed by atoms with Crippen LogP contribution in [0.1, 0.15) is 47.8 Å². The minimum Gasteiger partial charge on any atom is -0.459 e. The molecule has 4 rings (SSSR count). The fraction of sp³-hybridized carbons (Fsp3) is 0.269. The first-order valence-electron chi connectivity index (χ1n) is 11.4. The summed E-state index contributed by atoms with van der Waals surface area (Å²) in [6.45, 7) is -0.453. The monoisotopic (exact) mass is 481 g/mol. The summed E-state index contributed by atoms with van der Waals surface area (Å²) in [6, 6.07) is 12.2. The SMILES string of the molecule is O=C(NCC(=O)N(c1ccc(F)cc1)[C@@H](C(=O)NC1CCCC1)c1ccc(F)cc1)c1ccco1. The Morgan fingerprint density at radius 1 is 0.943 bits per heavy atom. The summed E-state index contributed by atoms with van der Waals surface area (Å²) in [5, 5.41) is 5.48. The third-order valence-corrected chi connectivity index (χ3v) is 5.91. The molecule has 1 aliphatic carbocycles. The van der Waals surface area contributed by atoms with Crippen molar-refractivity contribution in [1.82, 2.24) is 10.6 Å². The third-order valence-electron chi connectivity index (χ3n) is 5.91. The van der Waals surface area contributed by atoms with Crippen molar-refractivity contribution in [2.75, 3.05) is 11.4 Å². The van der Waals surface area contributed by atoms with E-state index in [-0.39, 0.29) is 17.5 Å². The van der Waals surface area contributed by atoms with E-state index in [9.17, 15) is 23.2 Å². The zero-order valence-electron chi connectivity index (χ0n) is 18.9. The number of nitrogens with one attached hydrogen (secondary N) is 2. The molecule has 1 atom stereocenters. The van der Waals surface area contributed by atoms with Crippen molar-refractivity contribution < 1.29 is 27.6 Å². The maximum atomic E-state index is 13.7. The highest BCUT2D eigenvalue weighted by molar-refractivity contribution is 6.04. The second-order valence-corrected chi connectivity index (χ2v) is 8.34. The Hall–Kier alpha value is -4.01. The Morgan fingerprint density at radius 3 is 2.17 bits per heavy atom. The van der Waals surface area contributed by atoms with Crippen LogP contribution < -0.4 is 15.5 Å². The summed E-state index contributed by atoms with van der Waals surface area (Å²) in [6.07, 6.45) is 4.97. The largest absolute Gasteiger partial charge is 0.459 e. The Bertz CT molecular complexity index is 1160. The number of carbonyl (C=O) groups excluding carboxylic acids is 3. The van der Waals surface area contributed by atoms with Gasteiger partial charge < -0.3 is 15.1 Å². The number of hydrogen-bond donors (Lipinski definition) is 2. The first-order chi connectivity index (χ1) is 16.9. The van der Waals surface area contributed by atoms with E-state index in [1.807, 2.05) is 0 Å². The number of halogens is 2. The van der Waals surface area contributed by atoms with Crippen LogP contribution in [0.5, 0.6) is 0 Å². The molecule has 3 amide bonds. The van der Waals surface area contributed by atoms with E-state index in [0.717, 1.165) is 25.7 Å². The van der Waals surface area contributed by atoms with E-state index in [1.54, 1.807) is 6.07 Å². The number of furan rings is 1. The van der Waals surface area contributed by atoms with Crippen molar-refractivity contribution in [2.24, 2.45) is 0 Å². The maximum Gasteiger partial charge on any atom is 0.287 e. The van der Waals surface area contributed by atoms with Crippen LogP contribution in [-0.2, 0) is 9.59 Å². The van der Waals surface area contributed by atoms with E-state index < -0.39 is 41.9 Å². The Morgan fingerprint density at radius 2 is 1.57 bits per heavy atom. The van der Waals surface area contributed by atoms with Crippen LogP contribution in [-0.4, -0.2) is 30.3 Å². The lowest BCUT2D eigenvalue weighted by molar-refractivity contribution is -0.126. The van der Waals surface area contributed by atoms with Gasteiger partial charge in [-0.15, -0.1) is 0 Å².